The van der Waals surface area contributed by atoms with Gasteiger partial charge < -0.3 is 10.1 Å². The van der Waals surface area contributed by atoms with E-state index in [0.29, 0.717) is 11.6 Å². The van der Waals surface area contributed by atoms with Crippen LogP contribution in [-0.2, 0) is 0 Å². The standard InChI is InChI=1S/C16H12N4O/c21-12-7-5-10(6-8-12)15-18-16(20-19-15)14-9-11-3-1-2-4-13(11)17-14/h1-9,17,21H,(H,18,19,20). The van der Waals surface area contributed by atoms with Gasteiger partial charge in [0.1, 0.15) is 5.75 Å². The van der Waals surface area contributed by atoms with E-state index >= 15 is 0 Å². The van der Waals surface area contributed by atoms with E-state index < -0.39 is 0 Å². The molecular weight excluding hydrogens is 264 g/mol. The lowest BCUT2D eigenvalue weighted by molar-refractivity contribution is 0.475. The highest BCUT2D eigenvalue weighted by Gasteiger charge is 2.10. The maximum absolute atomic E-state index is 9.31. The van der Waals surface area contributed by atoms with Crippen molar-refractivity contribution in [1.82, 2.24) is 20.2 Å². The lowest BCUT2D eigenvalue weighted by Crippen LogP contribution is -1.81. The predicted molar refractivity (Wildman–Crippen MR) is 80.8 cm³/mol. The number of rotatable bonds is 2. The first kappa shape index (κ1) is 11.7. The minimum atomic E-state index is 0.227. The second kappa shape index (κ2) is 4.49. The van der Waals surface area contributed by atoms with E-state index in [-0.39, 0.29) is 5.75 Å². The highest BCUT2D eigenvalue weighted by Crippen LogP contribution is 2.24. The highest BCUT2D eigenvalue weighted by atomic mass is 16.3. The third-order valence-electron chi connectivity index (χ3n) is 3.40. The van der Waals surface area contributed by atoms with Gasteiger partial charge in [-0.25, -0.2) is 4.98 Å². The van der Waals surface area contributed by atoms with Crippen LogP contribution in [-0.4, -0.2) is 25.3 Å². The quantitative estimate of drug-likeness (QED) is 0.525. The summed E-state index contributed by atoms with van der Waals surface area (Å²) in [5, 5.41) is 17.6. The summed E-state index contributed by atoms with van der Waals surface area (Å²) >= 11 is 0. The molecule has 5 nitrogen and oxygen atoms in total. The average Bonchev–Trinajstić information content (AvgIpc) is 3.14. The van der Waals surface area contributed by atoms with Gasteiger partial charge in [-0.15, -0.1) is 0 Å². The molecule has 2 aromatic heterocycles. The second-order valence-electron chi connectivity index (χ2n) is 4.82. The fourth-order valence-electron chi connectivity index (χ4n) is 2.32. The normalized spacial score (nSPS) is 11.0. The summed E-state index contributed by atoms with van der Waals surface area (Å²) < 4.78 is 0. The Balaban J connectivity index is 1.75. The molecule has 0 spiro atoms. The molecule has 0 amide bonds. The van der Waals surface area contributed by atoms with Crippen molar-refractivity contribution in [3.8, 4) is 28.7 Å². The number of nitrogens with zero attached hydrogens (tertiary/aromatic N) is 2. The van der Waals surface area contributed by atoms with Gasteiger partial charge in [0.2, 0.25) is 0 Å². The van der Waals surface area contributed by atoms with Crippen LogP contribution >= 0.6 is 0 Å². The molecule has 0 aliphatic heterocycles. The number of para-hydroxylation sites is 1. The molecule has 0 bridgehead atoms. The lowest BCUT2D eigenvalue weighted by Gasteiger charge is -1.94. The van der Waals surface area contributed by atoms with Gasteiger partial charge in [-0.3, -0.25) is 5.10 Å². The van der Waals surface area contributed by atoms with Crippen molar-refractivity contribution in [3.05, 3.63) is 54.6 Å². The van der Waals surface area contributed by atoms with Gasteiger partial charge in [0.25, 0.3) is 0 Å². The molecule has 0 atom stereocenters. The van der Waals surface area contributed by atoms with E-state index in [1.165, 1.54) is 0 Å². The molecule has 21 heavy (non-hydrogen) atoms. The number of aromatic amines is 2. The maximum Gasteiger partial charge on any atom is 0.181 e. The van der Waals surface area contributed by atoms with Gasteiger partial charge in [0.05, 0.1) is 5.69 Å². The van der Waals surface area contributed by atoms with E-state index in [9.17, 15) is 5.11 Å². The molecular formula is C16H12N4O. The zero-order valence-corrected chi connectivity index (χ0v) is 11.0. The van der Waals surface area contributed by atoms with Crippen molar-refractivity contribution in [2.24, 2.45) is 0 Å². The van der Waals surface area contributed by atoms with Crippen LogP contribution < -0.4 is 0 Å². The Hall–Kier alpha value is -3.08. The van der Waals surface area contributed by atoms with Gasteiger partial charge >= 0.3 is 0 Å². The van der Waals surface area contributed by atoms with Crippen LogP contribution in [0.15, 0.2) is 54.6 Å². The van der Waals surface area contributed by atoms with Crippen LogP contribution in [0.25, 0.3) is 33.8 Å². The molecule has 0 radical (unpaired) electrons. The molecule has 2 aromatic carbocycles. The third kappa shape index (κ3) is 2.04. The summed E-state index contributed by atoms with van der Waals surface area (Å²) in [6.45, 7) is 0. The molecule has 0 aliphatic rings. The topological polar surface area (TPSA) is 77.6 Å². The van der Waals surface area contributed by atoms with E-state index in [4.69, 9.17) is 0 Å². The summed E-state index contributed by atoms with van der Waals surface area (Å²) in [7, 11) is 0. The zero-order valence-electron chi connectivity index (χ0n) is 11.0. The molecule has 0 fully saturated rings. The minimum absolute atomic E-state index is 0.227. The zero-order chi connectivity index (χ0) is 14.2. The summed E-state index contributed by atoms with van der Waals surface area (Å²) in [6.07, 6.45) is 0. The van der Waals surface area contributed by atoms with Crippen molar-refractivity contribution in [1.29, 1.82) is 0 Å². The Bertz CT molecular complexity index is 872. The van der Waals surface area contributed by atoms with Crippen LogP contribution in [0.4, 0.5) is 0 Å². The van der Waals surface area contributed by atoms with Crippen LogP contribution in [0.1, 0.15) is 0 Å². The SMILES string of the molecule is Oc1ccc(-c2n[nH]c(-c3cc4ccccc4[nH]3)n2)cc1. The monoisotopic (exact) mass is 276 g/mol. The fourth-order valence-corrected chi connectivity index (χ4v) is 2.32. The lowest BCUT2D eigenvalue weighted by atomic mass is 10.2. The Kier molecular flexibility index (Phi) is 2.50. The van der Waals surface area contributed by atoms with E-state index in [2.05, 4.69) is 20.2 Å². The highest BCUT2D eigenvalue weighted by molar-refractivity contribution is 5.84. The largest absolute Gasteiger partial charge is 0.508 e. The number of hydrogen-bond donors (Lipinski definition) is 3. The number of hydrogen-bond acceptors (Lipinski definition) is 3. The van der Waals surface area contributed by atoms with Crippen molar-refractivity contribution in [2.45, 2.75) is 0 Å². The van der Waals surface area contributed by atoms with Crippen LogP contribution in [0.5, 0.6) is 5.75 Å². The van der Waals surface area contributed by atoms with Crippen molar-refractivity contribution >= 4 is 10.9 Å². The van der Waals surface area contributed by atoms with E-state index in [1.54, 1.807) is 24.3 Å². The predicted octanol–water partition coefficient (Wildman–Crippen LogP) is 3.33. The van der Waals surface area contributed by atoms with Crippen molar-refractivity contribution < 1.29 is 5.11 Å². The Labute approximate surface area is 120 Å². The van der Waals surface area contributed by atoms with Crippen LogP contribution in [0, 0.1) is 0 Å². The van der Waals surface area contributed by atoms with Crippen molar-refractivity contribution in [3.63, 3.8) is 0 Å². The molecule has 2 heterocycles. The van der Waals surface area contributed by atoms with Gasteiger partial charge in [0.15, 0.2) is 11.6 Å². The first-order valence-corrected chi connectivity index (χ1v) is 6.59. The summed E-state index contributed by atoms with van der Waals surface area (Å²) in [5.41, 5.74) is 2.82. The number of aromatic nitrogens is 4. The second-order valence-corrected chi connectivity index (χ2v) is 4.82. The molecule has 102 valence electrons. The van der Waals surface area contributed by atoms with E-state index in [1.807, 2.05) is 30.3 Å². The number of benzene rings is 2. The van der Waals surface area contributed by atoms with Gasteiger partial charge in [-0.2, -0.15) is 5.10 Å². The number of phenolic OH excluding ortho intramolecular Hbond substituents is 1. The Morgan fingerprint density at radius 3 is 2.57 bits per heavy atom. The molecule has 3 N–H and O–H groups in total. The Morgan fingerprint density at radius 2 is 1.76 bits per heavy atom. The molecule has 0 saturated carbocycles. The molecule has 4 aromatic rings. The molecule has 0 aliphatic carbocycles. The van der Waals surface area contributed by atoms with Gasteiger partial charge in [-0.1, -0.05) is 18.2 Å². The van der Waals surface area contributed by atoms with Gasteiger partial charge in [-0.05, 0) is 36.4 Å². The fraction of sp³-hybridized carbons (Fsp3) is 0. The van der Waals surface area contributed by atoms with E-state index in [0.717, 1.165) is 22.2 Å². The van der Waals surface area contributed by atoms with Gasteiger partial charge in [0, 0.05) is 16.5 Å². The summed E-state index contributed by atoms with van der Waals surface area (Å²) in [6, 6.07) is 16.9. The molecule has 0 unspecified atom stereocenters. The molecule has 0 saturated heterocycles. The summed E-state index contributed by atoms with van der Waals surface area (Å²) in [5.74, 6) is 1.52. The third-order valence-corrected chi connectivity index (χ3v) is 3.40. The number of phenols is 1. The first-order chi connectivity index (χ1) is 10.3. The molecule has 5 heteroatoms. The Morgan fingerprint density at radius 1 is 0.952 bits per heavy atom. The maximum atomic E-state index is 9.31. The van der Waals surface area contributed by atoms with Crippen LogP contribution in [0.2, 0.25) is 0 Å². The smallest absolute Gasteiger partial charge is 0.181 e. The average molecular weight is 276 g/mol. The van der Waals surface area contributed by atoms with Crippen molar-refractivity contribution in [2.75, 3.05) is 0 Å². The molecule has 4 rings (SSSR count). The number of H-pyrrole nitrogens is 2. The number of aromatic hydroxyl groups is 1. The first-order valence-electron chi connectivity index (χ1n) is 6.59. The van der Waals surface area contributed by atoms with Crippen LogP contribution in [0.3, 0.4) is 0 Å². The number of fused-ring (bicyclic) bond motifs is 1. The minimum Gasteiger partial charge on any atom is -0.508 e. The number of nitrogens with one attached hydrogen (secondary N) is 2. The summed E-state index contributed by atoms with van der Waals surface area (Å²) in [4.78, 5) is 7.81.